The summed E-state index contributed by atoms with van der Waals surface area (Å²) in [5.74, 6) is -4.10. The van der Waals surface area contributed by atoms with Crippen molar-refractivity contribution in [1.29, 1.82) is 0 Å². The summed E-state index contributed by atoms with van der Waals surface area (Å²) in [5, 5.41) is 17.1. The molecule has 0 radical (unpaired) electrons. The van der Waals surface area contributed by atoms with Crippen LogP contribution < -0.4 is 0 Å². The van der Waals surface area contributed by atoms with Crippen LogP contribution in [0, 0.1) is 0 Å². The summed E-state index contributed by atoms with van der Waals surface area (Å²) in [6.45, 7) is 2.18. The molecular weight excluding hydrogens is 276 g/mol. The van der Waals surface area contributed by atoms with Crippen molar-refractivity contribution in [2.75, 3.05) is 0 Å². The van der Waals surface area contributed by atoms with Crippen LogP contribution in [-0.2, 0) is 19.1 Å². The zero-order valence-corrected chi connectivity index (χ0v) is 12.7. The molecule has 0 saturated heterocycles. The smallest absolute Gasteiger partial charge is 0.356 e. The molecule has 0 fully saturated rings. The van der Waals surface area contributed by atoms with Crippen molar-refractivity contribution < 1.29 is 29.3 Å². The Bertz CT molecular complexity index is 312. The SMILES string of the molecule is CCCCCCCCCCCC(=O)OC(C(=O)O)C(=O)O. The van der Waals surface area contributed by atoms with Crippen LogP contribution in [0.25, 0.3) is 0 Å². The monoisotopic (exact) mass is 302 g/mol. The van der Waals surface area contributed by atoms with Gasteiger partial charge in [-0.25, -0.2) is 9.59 Å². The highest BCUT2D eigenvalue weighted by molar-refractivity contribution is 5.97. The Morgan fingerprint density at radius 2 is 1.24 bits per heavy atom. The second-order valence-corrected chi connectivity index (χ2v) is 5.12. The van der Waals surface area contributed by atoms with Crippen LogP contribution in [0.3, 0.4) is 0 Å². The number of carbonyl (C=O) groups excluding carboxylic acids is 1. The summed E-state index contributed by atoms with van der Waals surface area (Å²) in [5.41, 5.74) is 0. The van der Waals surface area contributed by atoms with Gasteiger partial charge in [-0.3, -0.25) is 4.79 Å². The van der Waals surface area contributed by atoms with Gasteiger partial charge in [0.1, 0.15) is 0 Å². The Kier molecular flexibility index (Phi) is 11.3. The van der Waals surface area contributed by atoms with Gasteiger partial charge in [0, 0.05) is 6.42 Å². The highest BCUT2D eigenvalue weighted by atomic mass is 16.6. The van der Waals surface area contributed by atoms with Crippen LogP contribution in [0.1, 0.15) is 71.1 Å². The predicted octanol–water partition coefficient (Wildman–Crippen LogP) is 2.99. The first-order valence-electron chi connectivity index (χ1n) is 7.64. The third-order valence-corrected chi connectivity index (χ3v) is 3.18. The quantitative estimate of drug-likeness (QED) is 0.308. The van der Waals surface area contributed by atoms with E-state index >= 15 is 0 Å². The molecule has 0 amide bonds. The lowest BCUT2D eigenvalue weighted by molar-refractivity contribution is -0.174. The zero-order chi connectivity index (χ0) is 16.1. The number of carboxylic acids is 2. The molecule has 0 aromatic carbocycles. The lowest BCUT2D eigenvalue weighted by Crippen LogP contribution is -2.34. The summed E-state index contributed by atoms with van der Waals surface area (Å²) in [4.78, 5) is 32.4. The summed E-state index contributed by atoms with van der Waals surface area (Å²) in [6, 6.07) is 0. The van der Waals surface area contributed by atoms with E-state index < -0.39 is 24.0 Å². The fourth-order valence-electron chi connectivity index (χ4n) is 1.98. The fraction of sp³-hybridized carbons (Fsp3) is 0.800. The minimum absolute atomic E-state index is 0.0624. The number of rotatable bonds is 13. The molecule has 0 aliphatic heterocycles. The van der Waals surface area contributed by atoms with Crippen LogP contribution in [0.2, 0.25) is 0 Å². The van der Waals surface area contributed by atoms with Gasteiger partial charge in [0.05, 0.1) is 0 Å². The van der Waals surface area contributed by atoms with E-state index in [4.69, 9.17) is 10.2 Å². The Hall–Kier alpha value is -1.59. The molecule has 0 aromatic heterocycles. The van der Waals surface area contributed by atoms with Gasteiger partial charge in [-0.15, -0.1) is 0 Å². The van der Waals surface area contributed by atoms with Crippen LogP contribution in [0.5, 0.6) is 0 Å². The van der Waals surface area contributed by atoms with Crippen LogP contribution in [-0.4, -0.2) is 34.2 Å². The molecule has 0 atom stereocenters. The molecule has 0 saturated carbocycles. The molecule has 2 N–H and O–H groups in total. The summed E-state index contributed by atoms with van der Waals surface area (Å²) in [7, 11) is 0. The Labute approximate surface area is 125 Å². The highest BCUT2D eigenvalue weighted by Crippen LogP contribution is 2.11. The molecular formula is C15H26O6. The van der Waals surface area contributed by atoms with Gasteiger partial charge >= 0.3 is 17.9 Å². The average molecular weight is 302 g/mol. The van der Waals surface area contributed by atoms with Crippen molar-refractivity contribution in [3.05, 3.63) is 0 Å². The maximum absolute atomic E-state index is 11.3. The first kappa shape index (κ1) is 19.4. The molecule has 0 aliphatic carbocycles. The topological polar surface area (TPSA) is 101 Å². The standard InChI is InChI=1S/C15H26O6/c1-2-3-4-5-6-7-8-9-10-11-12(16)21-13(14(17)18)15(19)20/h13H,2-11H2,1H3,(H,17,18)(H,19,20). The van der Waals surface area contributed by atoms with Gasteiger partial charge in [0.2, 0.25) is 0 Å². The number of aliphatic carboxylic acids is 2. The van der Waals surface area contributed by atoms with Gasteiger partial charge < -0.3 is 14.9 Å². The van der Waals surface area contributed by atoms with E-state index in [1.54, 1.807) is 0 Å². The minimum Gasteiger partial charge on any atom is -0.478 e. The Balaban J connectivity index is 3.57. The molecule has 21 heavy (non-hydrogen) atoms. The van der Waals surface area contributed by atoms with Crippen molar-refractivity contribution in [3.8, 4) is 0 Å². The van der Waals surface area contributed by atoms with E-state index in [0.717, 1.165) is 19.3 Å². The second kappa shape index (κ2) is 12.2. The van der Waals surface area contributed by atoms with Crippen molar-refractivity contribution in [1.82, 2.24) is 0 Å². The first-order chi connectivity index (χ1) is 9.99. The van der Waals surface area contributed by atoms with Crippen molar-refractivity contribution in [2.24, 2.45) is 0 Å². The zero-order valence-electron chi connectivity index (χ0n) is 12.7. The second-order valence-electron chi connectivity index (χ2n) is 5.12. The molecule has 122 valence electrons. The van der Waals surface area contributed by atoms with Crippen molar-refractivity contribution in [3.63, 3.8) is 0 Å². The molecule has 0 aromatic rings. The molecule has 0 spiro atoms. The molecule has 0 aliphatic rings. The number of hydrogen-bond donors (Lipinski definition) is 2. The number of carboxylic acid groups (broad SMARTS) is 2. The maximum Gasteiger partial charge on any atom is 0.356 e. The number of ether oxygens (including phenoxy) is 1. The lowest BCUT2D eigenvalue weighted by atomic mass is 10.1. The van der Waals surface area contributed by atoms with Gasteiger partial charge in [0.15, 0.2) is 0 Å². The molecule has 6 nitrogen and oxygen atoms in total. The summed E-state index contributed by atoms with van der Waals surface area (Å²) < 4.78 is 4.41. The predicted molar refractivity (Wildman–Crippen MR) is 77.0 cm³/mol. The average Bonchev–Trinajstić information content (AvgIpc) is 2.42. The summed E-state index contributed by atoms with van der Waals surface area (Å²) in [6.07, 6.45) is 7.81. The largest absolute Gasteiger partial charge is 0.478 e. The van der Waals surface area contributed by atoms with Gasteiger partial charge in [-0.2, -0.15) is 0 Å². The number of hydrogen-bond acceptors (Lipinski definition) is 4. The van der Waals surface area contributed by atoms with E-state index in [0.29, 0.717) is 6.42 Å². The van der Waals surface area contributed by atoms with E-state index in [1.165, 1.54) is 32.1 Å². The van der Waals surface area contributed by atoms with Crippen LogP contribution in [0.4, 0.5) is 0 Å². The van der Waals surface area contributed by atoms with Gasteiger partial charge in [-0.1, -0.05) is 58.3 Å². The van der Waals surface area contributed by atoms with Crippen LogP contribution in [0.15, 0.2) is 0 Å². The normalized spacial score (nSPS) is 10.6. The molecule has 0 unspecified atom stereocenters. The number of esters is 1. The molecule has 6 heteroatoms. The maximum atomic E-state index is 11.3. The fourth-order valence-corrected chi connectivity index (χ4v) is 1.98. The molecule has 0 heterocycles. The van der Waals surface area contributed by atoms with E-state index in [2.05, 4.69) is 11.7 Å². The first-order valence-corrected chi connectivity index (χ1v) is 7.64. The van der Waals surface area contributed by atoms with Gasteiger partial charge in [0.25, 0.3) is 6.10 Å². The van der Waals surface area contributed by atoms with Crippen LogP contribution >= 0.6 is 0 Å². The number of carbonyl (C=O) groups is 3. The third kappa shape index (κ3) is 10.8. The molecule has 0 rings (SSSR count). The van der Waals surface area contributed by atoms with E-state index in [-0.39, 0.29) is 6.42 Å². The Morgan fingerprint density at radius 1 is 0.810 bits per heavy atom. The van der Waals surface area contributed by atoms with Gasteiger partial charge in [-0.05, 0) is 6.42 Å². The Morgan fingerprint density at radius 3 is 1.67 bits per heavy atom. The molecule has 0 bridgehead atoms. The number of unbranched alkanes of at least 4 members (excludes halogenated alkanes) is 8. The highest BCUT2D eigenvalue weighted by Gasteiger charge is 2.29. The third-order valence-electron chi connectivity index (χ3n) is 3.18. The lowest BCUT2D eigenvalue weighted by Gasteiger charge is -2.09. The van der Waals surface area contributed by atoms with E-state index in [1.807, 2.05) is 0 Å². The minimum atomic E-state index is -2.10. The van der Waals surface area contributed by atoms with Crippen molar-refractivity contribution in [2.45, 2.75) is 77.2 Å². The summed E-state index contributed by atoms with van der Waals surface area (Å²) >= 11 is 0. The van der Waals surface area contributed by atoms with Crippen molar-refractivity contribution >= 4 is 17.9 Å². The van der Waals surface area contributed by atoms with E-state index in [9.17, 15) is 14.4 Å².